The number of carbonyl (C=O) groups excluding carboxylic acids is 2. The molecule has 0 unspecified atom stereocenters. The van der Waals surface area contributed by atoms with E-state index in [1.807, 2.05) is 42.5 Å². The van der Waals surface area contributed by atoms with E-state index < -0.39 is 11.6 Å². The third-order valence-electron chi connectivity index (χ3n) is 5.55. The second-order valence-electron chi connectivity index (χ2n) is 7.49. The molecule has 0 aliphatic carbocycles. The van der Waals surface area contributed by atoms with Gasteiger partial charge in [0.2, 0.25) is 0 Å². The molecule has 1 saturated heterocycles. The summed E-state index contributed by atoms with van der Waals surface area (Å²) in [5.74, 6) is -0.376. The van der Waals surface area contributed by atoms with Crippen LogP contribution in [0.5, 0.6) is 0 Å². The van der Waals surface area contributed by atoms with Gasteiger partial charge in [0.15, 0.2) is 0 Å². The van der Waals surface area contributed by atoms with Crippen molar-refractivity contribution >= 4 is 28.4 Å². The number of fused-ring (bicyclic) bond motifs is 2. The minimum atomic E-state index is -1.20. The van der Waals surface area contributed by atoms with Crippen LogP contribution < -0.4 is 10.9 Å². The van der Waals surface area contributed by atoms with E-state index in [1.165, 1.54) is 10.5 Å². The van der Waals surface area contributed by atoms with Gasteiger partial charge in [0, 0.05) is 12.3 Å². The molecule has 148 valence electrons. The van der Waals surface area contributed by atoms with Gasteiger partial charge >= 0.3 is 6.03 Å². The van der Waals surface area contributed by atoms with E-state index in [9.17, 15) is 14.4 Å². The van der Waals surface area contributed by atoms with E-state index in [-0.39, 0.29) is 18.0 Å². The van der Waals surface area contributed by atoms with Gasteiger partial charge in [-0.15, -0.1) is 0 Å². The lowest BCUT2D eigenvalue weighted by molar-refractivity contribution is -0.131. The van der Waals surface area contributed by atoms with Gasteiger partial charge in [0.05, 0.1) is 12.2 Å². The number of urea groups is 1. The number of benzene rings is 2. The van der Waals surface area contributed by atoms with Crippen LogP contribution in [0.1, 0.15) is 18.2 Å². The quantitative estimate of drug-likeness (QED) is 0.538. The first-order valence-electron chi connectivity index (χ1n) is 9.57. The minimum Gasteiger partial charge on any atom is -0.319 e. The molecule has 7 heteroatoms. The molecule has 0 saturated carbocycles. The Morgan fingerprint density at radius 3 is 2.60 bits per heavy atom. The number of hydrogen-bond donors (Lipinski definition) is 1. The molecule has 3 amide bonds. The topological polar surface area (TPSA) is 83.8 Å². The highest BCUT2D eigenvalue weighted by Gasteiger charge is 2.49. The maximum absolute atomic E-state index is 13.4. The van der Waals surface area contributed by atoms with Crippen LogP contribution in [0.25, 0.3) is 16.4 Å². The summed E-state index contributed by atoms with van der Waals surface area (Å²) < 4.78 is 1.41. The highest BCUT2D eigenvalue weighted by molar-refractivity contribution is 6.09. The molecule has 0 spiro atoms. The highest BCUT2D eigenvalue weighted by atomic mass is 16.2. The summed E-state index contributed by atoms with van der Waals surface area (Å²) in [4.78, 5) is 44.0. The Kier molecular flexibility index (Phi) is 3.92. The van der Waals surface area contributed by atoms with Crippen molar-refractivity contribution in [3.8, 4) is 0 Å². The number of hydrogen-bond acceptors (Lipinski definition) is 4. The van der Waals surface area contributed by atoms with E-state index in [1.54, 1.807) is 31.3 Å². The highest BCUT2D eigenvalue weighted by Crippen LogP contribution is 2.34. The normalized spacial score (nSPS) is 18.9. The van der Waals surface area contributed by atoms with Crippen molar-refractivity contribution in [2.45, 2.75) is 19.0 Å². The number of nitrogens with zero attached hydrogens (tertiary/aromatic N) is 3. The lowest BCUT2D eigenvalue weighted by atomic mass is 9.88. The smallest absolute Gasteiger partial charge is 0.319 e. The van der Waals surface area contributed by atoms with E-state index in [2.05, 4.69) is 10.3 Å². The molecule has 0 radical (unpaired) electrons. The summed E-state index contributed by atoms with van der Waals surface area (Å²) in [6.45, 7) is 1.63. The van der Waals surface area contributed by atoms with Gasteiger partial charge in [-0.3, -0.25) is 18.9 Å². The Labute approximate surface area is 171 Å². The number of pyridine rings is 1. The zero-order chi connectivity index (χ0) is 20.9. The monoisotopic (exact) mass is 398 g/mol. The Hall–Kier alpha value is -4.00. The van der Waals surface area contributed by atoms with Gasteiger partial charge in [0.1, 0.15) is 11.2 Å². The predicted molar refractivity (Wildman–Crippen MR) is 112 cm³/mol. The molecule has 3 heterocycles. The molecule has 1 aliphatic heterocycles. The molecule has 1 fully saturated rings. The summed E-state index contributed by atoms with van der Waals surface area (Å²) in [6, 6.07) is 19.5. The maximum atomic E-state index is 13.4. The van der Waals surface area contributed by atoms with Gasteiger partial charge in [-0.1, -0.05) is 48.5 Å². The molecule has 5 rings (SSSR count). The third kappa shape index (κ3) is 2.67. The van der Waals surface area contributed by atoms with E-state index in [0.717, 1.165) is 21.2 Å². The molecular formula is C23H18N4O3. The van der Waals surface area contributed by atoms with E-state index >= 15 is 0 Å². The molecule has 0 bridgehead atoms. The van der Waals surface area contributed by atoms with E-state index in [4.69, 9.17) is 0 Å². The van der Waals surface area contributed by atoms with Crippen LogP contribution in [0.3, 0.4) is 0 Å². The first kappa shape index (κ1) is 18.1. The number of rotatable bonds is 3. The van der Waals surface area contributed by atoms with E-state index in [0.29, 0.717) is 11.3 Å². The van der Waals surface area contributed by atoms with Crippen molar-refractivity contribution in [3.05, 3.63) is 94.5 Å². The van der Waals surface area contributed by atoms with Gasteiger partial charge in [-0.2, -0.15) is 0 Å². The fourth-order valence-corrected chi connectivity index (χ4v) is 4.03. The lowest BCUT2D eigenvalue weighted by Gasteiger charge is -2.24. The molecule has 1 N–H and O–H groups in total. The van der Waals surface area contributed by atoms with Crippen molar-refractivity contribution < 1.29 is 9.59 Å². The summed E-state index contributed by atoms with van der Waals surface area (Å²) in [7, 11) is 0. The number of imide groups is 1. The number of amides is 3. The predicted octanol–water partition coefficient (Wildman–Crippen LogP) is 2.81. The van der Waals surface area contributed by atoms with Crippen LogP contribution >= 0.6 is 0 Å². The van der Waals surface area contributed by atoms with Crippen LogP contribution in [0.15, 0.2) is 77.7 Å². The van der Waals surface area contributed by atoms with Crippen LogP contribution in [-0.4, -0.2) is 26.2 Å². The molecule has 2 aromatic carbocycles. The van der Waals surface area contributed by atoms with Crippen molar-refractivity contribution in [1.29, 1.82) is 0 Å². The molecule has 1 atom stereocenters. The standard InChI is InChI=1S/C23H18N4O3/c1-23(18-10-6-8-15-7-2-3-9-17(15)18)21(29)27(22(30)25-23)14-16-13-20(28)26-12-5-4-11-19(26)24-16/h2-13H,14H2,1H3,(H,25,30)/t23-/m0/s1. The number of nitrogens with one attached hydrogen (secondary N) is 1. The Morgan fingerprint density at radius 2 is 1.73 bits per heavy atom. The van der Waals surface area contributed by atoms with Crippen molar-refractivity contribution in [2.75, 3.05) is 0 Å². The van der Waals surface area contributed by atoms with Crippen molar-refractivity contribution in [3.63, 3.8) is 0 Å². The third-order valence-corrected chi connectivity index (χ3v) is 5.55. The van der Waals surface area contributed by atoms with Crippen molar-refractivity contribution in [2.24, 2.45) is 0 Å². The molecule has 2 aromatic heterocycles. The summed E-state index contributed by atoms with van der Waals surface area (Å²) in [6.07, 6.45) is 1.62. The first-order chi connectivity index (χ1) is 14.5. The number of aromatic nitrogens is 2. The Bertz CT molecular complexity index is 1390. The van der Waals surface area contributed by atoms with Gasteiger partial charge in [-0.25, -0.2) is 9.78 Å². The fraction of sp³-hybridized carbons (Fsp3) is 0.130. The van der Waals surface area contributed by atoms with Crippen LogP contribution in [-0.2, 0) is 16.9 Å². The summed E-state index contributed by atoms with van der Waals surface area (Å²) >= 11 is 0. The summed E-state index contributed by atoms with van der Waals surface area (Å²) in [5, 5.41) is 4.73. The lowest BCUT2D eigenvalue weighted by Crippen LogP contribution is -2.41. The maximum Gasteiger partial charge on any atom is 0.325 e. The van der Waals surface area contributed by atoms with Gasteiger partial charge < -0.3 is 5.32 Å². The molecular weight excluding hydrogens is 380 g/mol. The Morgan fingerprint density at radius 1 is 0.967 bits per heavy atom. The van der Waals surface area contributed by atoms with Gasteiger partial charge in [-0.05, 0) is 35.4 Å². The number of carbonyl (C=O) groups is 2. The fourth-order valence-electron chi connectivity index (χ4n) is 4.03. The van der Waals surface area contributed by atoms with Crippen LogP contribution in [0, 0.1) is 0 Å². The first-order valence-corrected chi connectivity index (χ1v) is 9.57. The summed E-state index contributed by atoms with van der Waals surface area (Å²) in [5.41, 5.74) is 0.0808. The Balaban J connectivity index is 1.54. The second kappa shape index (κ2) is 6.52. The molecule has 4 aromatic rings. The minimum absolute atomic E-state index is 0.0777. The SMILES string of the molecule is C[C@@]1(c2cccc3ccccc23)NC(=O)N(Cc2cc(=O)n3ccccc3n2)C1=O. The molecule has 30 heavy (non-hydrogen) atoms. The average molecular weight is 398 g/mol. The largest absolute Gasteiger partial charge is 0.325 e. The molecule has 7 nitrogen and oxygen atoms in total. The zero-order valence-corrected chi connectivity index (χ0v) is 16.2. The van der Waals surface area contributed by atoms with Crippen LogP contribution in [0.4, 0.5) is 4.79 Å². The van der Waals surface area contributed by atoms with Crippen LogP contribution in [0.2, 0.25) is 0 Å². The average Bonchev–Trinajstić information content (AvgIpc) is 2.97. The van der Waals surface area contributed by atoms with Crippen molar-refractivity contribution in [1.82, 2.24) is 19.6 Å². The zero-order valence-electron chi connectivity index (χ0n) is 16.2. The second-order valence-corrected chi connectivity index (χ2v) is 7.49. The van der Waals surface area contributed by atoms with Gasteiger partial charge in [0.25, 0.3) is 11.5 Å². The molecule has 1 aliphatic rings.